The average molecular weight is 357 g/mol. The van der Waals surface area contributed by atoms with Gasteiger partial charge < -0.3 is 14.8 Å². The molecule has 0 saturated carbocycles. The van der Waals surface area contributed by atoms with Gasteiger partial charge in [-0.1, -0.05) is 60.7 Å². The fraction of sp³-hybridized carbons (Fsp3) is 0.0870. The summed E-state index contributed by atoms with van der Waals surface area (Å²) in [6, 6.07) is 21.2. The van der Waals surface area contributed by atoms with Gasteiger partial charge in [0.15, 0.2) is 0 Å². The second kappa shape index (κ2) is 7.38. The number of hydrogen-bond donors (Lipinski definition) is 2. The third-order valence-electron chi connectivity index (χ3n) is 4.64. The zero-order valence-corrected chi connectivity index (χ0v) is 14.7. The minimum absolute atomic E-state index is 0.103. The summed E-state index contributed by atoms with van der Waals surface area (Å²) in [5, 5.41) is 13.8. The van der Waals surface area contributed by atoms with Crippen molar-refractivity contribution in [3.8, 4) is 28.0 Å². The molecule has 4 nitrogen and oxygen atoms in total. The van der Waals surface area contributed by atoms with Gasteiger partial charge in [0.25, 0.3) is 0 Å². The molecule has 1 aliphatic carbocycles. The summed E-state index contributed by atoms with van der Waals surface area (Å²) in [4.78, 5) is 12.5. The van der Waals surface area contributed by atoms with E-state index in [9.17, 15) is 9.90 Å². The van der Waals surface area contributed by atoms with Crippen molar-refractivity contribution in [1.82, 2.24) is 5.32 Å². The lowest BCUT2D eigenvalue weighted by molar-refractivity contribution is -0.120. The molecule has 2 aromatic carbocycles. The van der Waals surface area contributed by atoms with Crippen LogP contribution in [0, 0.1) is 0 Å². The van der Waals surface area contributed by atoms with Crippen LogP contribution in [0.4, 0.5) is 0 Å². The number of amides is 1. The van der Waals surface area contributed by atoms with Gasteiger partial charge in [0.05, 0.1) is 18.9 Å². The van der Waals surface area contributed by atoms with E-state index in [0.717, 1.165) is 22.3 Å². The highest BCUT2D eigenvalue weighted by molar-refractivity contribution is 5.96. The first kappa shape index (κ1) is 16.9. The van der Waals surface area contributed by atoms with Gasteiger partial charge in [0.1, 0.15) is 5.75 Å². The van der Waals surface area contributed by atoms with Crippen LogP contribution in [0.2, 0.25) is 0 Å². The lowest BCUT2D eigenvalue weighted by atomic mass is 10.0. The van der Waals surface area contributed by atoms with Gasteiger partial charge in [-0.3, -0.25) is 4.79 Å². The van der Waals surface area contributed by atoms with Crippen LogP contribution >= 0.6 is 0 Å². The Labute approximate surface area is 157 Å². The van der Waals surface area contributed by atoms with E-state index in [1.807, 2.05) is 60.7 Å². The zero-order chi connectivity index (χ0) is 18.6. The van der Waals surface area contributed by atoms with E-state index in [0.29, 0.717) is 17.7 Å². The quantitative estimate of drug-likeness (QED) is 0.548. The summed E-state index contributed by atoms with van der Waals surface area (Å²) < 4.78 is 5.32. The maximum absolute atomic E-state index is 12.5. The smallest absolute Gasteiger partial charge is 0.224 e. The molecule has 1 heterocycles. The maximum atomic E-state index is 12.5. The number of nitrogens with one attached hydrogen (secondary N) is 1. The molecule has 1 aliphatic heterocycles. The molecule has 1 amide bonds. The van der Waals surface area contributed by atoms with E-state index in [4.69, 9.17) is 4.42 Å². The van der Waals surface area contributed by atoms with Crippen LogP contribution in [0.3, 0.4) is 0 Å². The number of fused-ring (bicyclic) bond motifs is 1. The molecule has 27 heavy (non-hydrogen) atoms. The standard InChI is InChI=1S/C23H19NO3/c25-21(24-14-16-7-3-1-4-8-16)13-19-18-11-12-27-15-20(18)22(23(19)26)17-9-5-2-6-10-17/h1-12,15,26H,13-14H2,(H,24,25). The minimum atomic E-state index is -0.138. The van der Waals surface area contributed by atoms with Crippen molar-refractivity contribution in [3.63, 3.8) is 0 Å². The van der Waals surface area contributed by atoms with Crippen molar-refractivity contribution in [2.75, 3.05) is 0 Å². The molecule has 2 aromatic rings. The van der Waals surface area contributed by atoms with Crippen LogP contribution < -0.4 is 5.32 Å². The Balaban J connectivity index is 1.62. The van der Waals surface area contributed by atoms with Crippen LogP contribution in [0.15, 0.2) is 83.7 Å². The number of rotatable bonds is 5. The first-order valence-corrected chi connectivity index (χ1v) is 8.80. The summed E-state index contributed by atoms with van der Waals surface area (Å²) in [6.07, 6.45) is 3.27. The topological polar surface area (TPSA) is 62.5 Å². The normalized spacial score (nSPS) is 10.8. The molecule has 4 heteroatoms. The zero-order valence-electron chi connectivity index (χ0n) is 14.7. The van der Waals surface area contributed by atoms with Crippen molar-refractivity contribution < 1.29 is 14.3 Å². The Kier molecular flexibility index (Phi) is 4.62. The second-order valence-electron chi connectivity index (χ2n) is 6.39. The molecule has 4 rings (SSSR count). The van der Waals surface area contributed by atoms with Gasteiger partial charge in [0.2, 0.25) is 5.91 Å². The van der Waals surface area contributed by atoms with E-state index >= 15 is 0 Å². The first-order valence-electron chi connectivity index (χ1n) is 8.80. The summed E-state index contributed by atoms with van der Waals surface area (Å²) >= 11 is 0. The van der Waals surface area contributed by atoms with Crippen molar-refractivity contribution in [1.29, 1.82) is 0 Å². The molecule has 0 saturated heterocycles. The lowest BCUT2D eigenvalue weighted by Crippen LogP contribution is -2.24. The molecule has 0 bridgehead atoms. The summed E-state index contributed by atoms with van der Waals surface area (Å²) in [7, 11) is 0. The molecule has 2 aliphatic rings. The summed E-state index contributed by atoms with van der Waals surface area (Å²) in [5.74, 6) is -0.00563. The number of benzene rings is 2. The SMILES string of the molecule is O=C(Cc1c2ccocc-2c(-c2ccccc2)c1O)NCc1ccccc1. The molecular formula is C23H19NO3. The molecular weight excluding hydrogens is 338 g/mol. The highest BCUT2D eigenvalue weighted by Gasteiger charge is 2.25. The van der Waals surface area contributed by atoms with Crippen LogP contribution in [-0.4, -0.2) is 11.0 Å². The minimum Gasteiger partial charge on any atom is -0.507 e. The molecule has 2 N–H and O–H groups in total. The first-order chi connectivity index (χ1) is 13.2. The molecule has 0 aromatic heterocycles. The number of carbonyl (C=O) groups is 1. The summed E-state index contributed by atoms with van der Waals surface area (Å²) in [6.45, 7) is 0.458. The Hall–Kier alpha value is -3.53. The number of carbonyl (C=O) groups excluding carboxylic acids is 1. The van der Waals surface area contributed by atoms with E-state index in [1.165, 1.54) is 0 Å². The fourth-order valence-corrected chi connectivity index (χ4v) is 3.33. The van der Waals surface area contributed by atoms with E-state index in [2.05, 4.69) is 5.32 Å². The second-order valence-corrected chi connectivity index (χ2v) is 6.39. The van der Waals surface area contributed by atoms with Gasteiger partial charge in [-0.2, -0.15) is 0 Å². The highest BCUT2D eigenvalue weighted by Crippen LogP contribution is 2.47. The predicted molar refractivity (Wildman–Crippen MR) is 104 cm³/mol. The van der Waals surface area contributed by atoms with E-state index in [1.54, 1.807) is 18.6 Å². The largest absolute Gasteiger partial charge is 0.507 e. The molecule has 0 unspecified atom stereocenters. The molecule has 0 radical (unpaired) electrons. The van der Waals surface area contributed by atoms with Crippen molar-refractivity contribution in [3.05, 3.63) is 90.4 Å². The van der Waals surface area contributed by atoms with Crippen LogP contribution in [-0.2, 0) is 17.8 Å². The van der Waals surface area contributed by atoms with Gasteiger partial charge in [-0.05, 0) is 22.8 Å². The van der Waals surface area contributed by atoms with Crippen molar-refractivity contribution in [2.24, 2.45) is 0 Å². The summed E-state index contributed by atoms with van der Waals surface area (Å²) in [5.41, 5.74) is 4.86. The Bertz CT molecular complexity index is 1020. The van der Waals surface area contributed by atoms with Crippen LogP contribution in [0.25, 0.3) is 22.3 Å². The molecule has 134 valence electrons. The third-order valence-corrected chi connectivity index (χ3v) is 4.64. The van der Waals surface area contributed by atoms with Gasteiger partial charge in [0, 0.05) is 23.2 Å². The molecule has 0 fully saturated rings. The Morgan fingerprint density at radius 1 is 0.926 bits per heavy atom. The Morgan fingerprint density at radius 3 is 2.37 bits per heavy atom. The van der Waals surface area contributed by atoms with Crippen LogP contribution in [0.1, 0.15) is 11.1 Å². The van der Waals surface area contributed by atoms with Crippen molar-refractivity contribution >= 4 is 5.91 Å². The molecule has 0 spiro atoms. The highest BCUT2D eigenvalue weighted by atomic mass is 16.3. The van der Waals surface area contributed by atoms with E-state index in [-0.39, 0.29) is 18.1 Å². The molecule has 0 atom stereocenters. The van der Waals surface area contributed by atoms with Crippen molar-refractivity contribution in [2.45, 2.75) is 13.0 Å². The predicted octanol–water partition coefficient (Wildman–Crippen LogP) is 4.62. The lowest BCUT2D eigenvalue weighted by Gasteiger charge is -2.06. The van der Waals surface area contributed by atoms with Gasteiger partial charge in [-0.15, -0.1) is 0 Å². The monoisotopic (exact) mass is 357 g/mol. The van der Waals surface area contributed by atoms with Gasteiger partial charge in [-0.25, -0.2) is 0 Å². The van der Waals surface area contributed by atoms with Crippen LogP contribution in [0.5, 0.6) is 5.75 Å². The third kappa shape index (κ3) is 3.42. The number of aromatic hydroxyl groups is 1. The van der Waals surface area contributed by atoms with E-state index < -0.39 is 0 Å². The average Bonchev–Trinajstić information content (AvgIpc) is 2.99. The fourth-order valence-electron chi connectivity index (χ4n) is 3.33. The maximum Gasteiger partial charge on any atom is 0.224 e. The number of hydrogen-bond acceptors (Lipinski definition) is 3. The Morgan fingerprint density at radius 2 is 1.63 bits per heavy atom. The van der Waals surface area contributed by atoms with Gasteiger partial charge >= 0.3 is 0 Å².